The quantitative estimate of drug-likeness (QED) is 0.680. The molecule has 0 radical (unpaired) electrons. The number of hydrogen-bond acceptors (Lipinski definition) is 4. The fourth-order valence-corrected chi connectivity index (χ4v) is 4.55. The SMILES string of the molecule is CN1C(=O)c2ccc(-c3ccc(F)cc3F)cc2O[C@H]2CN(C(=O)N3CCOCC3)C[C@H]21. The summed E-state index contributed by atoms with van der Waals surface area (Å²) in [7, 11) is 1.70. The van der Waals surface area contributed by atoms with Crippen LogP contribution in [0.1, 0.15) is 10.4 Å². The summed E-state index contributed by atoms with van der Waals surface area (Å²) >= 11 is 0. The third kappa shape index (κ3) is 3.56. The standard InChI is InChI=1S/C23H23F2N3O4/c1-26-19-12-28(23(30)27-6-8-31-9-7-27)13-21(19)32-20-10-14(2-4-17(20)22(26)29)16-5-3-15(24)11-18(16)25/h2-5,10-11,19,21H,6-9,12-13H2,1H3/t19-,21+/m1/s1. The molecule has 0 saturated carbocycles. The second-order valence-electron chi connectivity index (χ2n) is 8.26. The van der Waals surface area contributed by atoms with Crippen LogP contribution in [0.4, 0.5) is 13.6 Å². The van der Waals surface area contributed by atoms with Crippen LogP contribution in [0.15, 0.2) is 36.4 Å². The summed E-state index contributed by atoms with van der Waals surface area (Å²) in [5.41, 5.74) is 1.07. The van der Waals surface area contributed by atoms with E-state index >= 15 is 0 Å². The lowest BCUT2D eigenvalue weighted by Gasteiger charge is -2.31. The number of carbonyl (C=O) groups is 2. The normalized spacial score (nSPS) is 22.8. The second-order valence-corrected chi connectivity index (χ2v) is 8.26. The van der Waals surface area contributed by atoms with E-state index in [1.807, 2.05) is 0 Å². The van der Waals surface area contributed by atoms with E-state index in [-0.39, 0.29) is 23.5 Å². The molecule has 168 valence electrons. The number of morpholine rings is 1. The van der Waals surface area contributed by atoms with Crippen molar-refractivity contribution in [2.45, 2.75) is 12.1 Å². The van der Waals surface area contributed by atoms with Crippen LogP contribution in [0.5, 0.6) is 5.75 Å². The van der Waals surface area contributed by atoms with Gasteiger partial charge in [0.05, 0.1) is 31.4 Å². The van der Waals surface area contributed by atoms with Crippen molar-refractivity contribution in [1.82, 2.24) is 14.7 Å². The number of likely N-dealkylation sites (tertiary alicyclic amines) is 1. The van der Waals surface area contributed by atoms with Crippen LogP contribution in [-0.2, 0) is 4.74 Å². The summed E-state index contributed by atoms with van der Waals surface area (Å²) < 4.78 is 39.2. The molecule has 3 aliphatic rings. The highest BCUT2D eigenvalue weighted by Gasteiger charge is 2.44. The Hall–Kier alpha value is -3.20. The van der Waals surface area contributed by atoms with Gasteiger partial charge in [0, 0.05) is 38.3 Å². The molecule has 0 aromatic heterocycles. The van der Waals surface area contributed by atoms with Gasteiger partial charge in [-0.1, -0.05) is 6.07 Å². The highest BCUT2D eigenvalue weighted by Crippen LogP contribution is 2.35. The van der Waals surface area contributed by atoms with E-state index in [0.717, 1.165) is 6.07 Å². The number of rotatable bonds is 1. The average molecular weight is 443 g/mol. The van der Waals surface area contributed by atoms with Crippen molar-refractivity contribution in [3.8, 4) is 16.9 Å². The second kappa shape index (κ2) is 8.05. The Kier molecular flexibility index (Phi) is 5.21. The van der Waals surface area contributed by atoms with Crippen LogP contribution in [0.25, 0.3) is 11.1 Å². The van der Waals surface area contributed by atoms with Gasteiger partial charge in [0.25, 0.3) is 5.91 Å². The lowest BCUT2D eigenvalue weighted by Crippen LogP contribution is -2.48. The molecule has 32 heavy (non-hydrogen) atoms. The lowest BCUT2D eigenvalue weighted by atomic mass is 10.0. The van der Waals surface area contributed by atoms with Crippen LogP contribution in [-0.4, -0.2) is 85.2 Å². The molecule has 0 bridgehead atoms. The van der Waals surface area contributed by atoms with Gasteiger partial charge < -0.3 is 24.2 Å². The van der Waals surface area contributed by atoms with Gasteiger partial charge in [-0.2, -0.15) is 0 Å². The molecule has 2 saturated heterocycles. The Morgan fingerprint density at radius 3 is 2.50 bits per heavy atom. The number of hydrogen-bond donors (Lipinski definition) is 0. The first-order chi connectivity index (χ1) is 15.4. The van der Waals surface area contributed by atoms with Crippen LogP contribution < -0.4 is 4.74 Å². The minimum atomic E-state index is -0.692. The van der Waals surface area contributed by atoms with E-state index in [9.17, 15) is 18.4 Å². The van der Waals surface area contributed by atoms with Crippen molar-refractivity contribution in [1.29, 1.82) is 0 Å². The zero-order valence-corrected chi connectivity index (χ0v) is 17.6. The maximum absolute atomic E-state index is 14.3. The van der Waals surface area contributed by atoms with E-state index in [1.165, 1.54) is 12.1 Å². The molecular formula is C23H23F2N3O4. The summed E-state index contributed by atoms with van der Waals surface area (Å²) in [5, 5.41) is 0. The van der Waals surface area contributed by atoms with Gasteiger partial charge in [-0.05, 0) is 29.8 Å². The molecule has 2 fully saturated rings. The number of benzene rings is 2. The van der Waals surface area contributed by atoms with Crippen LogP contribution in [0, 0.1) is 11.6 Å². The van der Waals surface area contributed by atoms with Gasteiger partial charge in [-0.3, -0.25) is 4.79 Å². The molecular weight excluding hydrogens is 420 g/mol. The Balaban J connectivity index is 1.43. The molecule has 3 amide bonds. The number of carbonyl (C=O) groups excluding carboxylic acids is 2. The number of urea groups is 1. The summed E-state index contributed by atoms with van der Waals surface area (Å²) in [6.45, 7) is 2.81. The van der Waals surface area contributed by atoms with Crippen molar-refractivity contribution < 1.29 is 27.8 Å². The zero-order valence-electron chi connectivity index (χ0n) is 17.6. The molecule has 3 heterocycles. The molecule has 9 heteroatoms. The first-order valence-electron chi connectivity index (χ1n) is 10.6. The van der Waals surface area contributed by atoms with Crippen molar-refractivity contribution in [2.75, 3.05) is 46.4 Å². The molecule has 2 atom stereocenters. The number of amides is 3. The Morgan fingerprint density at radius 1 is 1.00 bits per heavy atom. The highest BCUT2D eigenvalue weighted by molar-refractivity contribution is 5.98. The molecule has 5 rings (SSSR count). The average Bonchev–Trinajstić information content (AvgIpc) is 3.18. The third-order valence-electron chi connectivity index (χ3n) is 6.34. The molecule has 2 aromatic rings. The van der Waals surface area contributed by atoms with Gasteiger partial charge in [0.1, 0.15) is 23.5 Å². The van der Waals surface area contributed by atoms with E-state index in [2.05, 4.69) is 0 Å². The topological polar surface area (TPSA) is 62.3 Å². The number of likely N-dealkylation sites (N-methyl/N-ethyl adjacent to an activating group) is 1. The highest BCUT2D eigenvalue weighted by atomic mass is 19.1. The van der Waals surface area contributed by atoms with Gasteiger partial charge >= 0.3 is 6.03 Å². The third-order valence-corrected chi connectivity index (χ3v) is 6.34. The predicted octanol–water partition coefficient (Wildman–Crippen LogP) is 2.60. The van der Waals surface area contributed by atoms with Crippen molar-refractivity contribution >= 4 is 11.9 Å². The van der Waals surface area contributed by atoms with Crippen LogP contribution in [0.3, 0.4) is 0 Å². The summed E-state index contributed by atoms with van der Waals surface area (Å²) in [5.74, 6) is -1.24. The van der Waals surface area contributed by atoms with Crippen molar-refractivity contribution in [3.63, 3.8) is 0 Å². The Labute approximate surface area is 184 Å². The maximum Gasteiger partial charge on any atom is 0.320 e. The van der Waals surface area contributed by atoms with Crippen LogP contribution in [0.2, 0.25) is 0 Å². The molecule has 0 aliphatic carbocycles. The van der Waals surface area contributed by atoms with Gasteiger partial charge in [-0.25, -0.2) is 13.6 Å². The van der Waals surface area contributed by atoms with E-state index in [1.54, 1.807) is 39.9 Å². The first-order valence-corrected chi connectivity index (χ1v) is 10.6. The van der Waals surface area contributed by atoms with Gasteiger partial charge in [0.2, 0.25) is 0 Å². The first kappa shape index (κ1) is 20.7. The molecule has 3 aliphatic heterocycles. The van der Waals surface area contributed by atoms with Crippen molar-refractivity contribution in [2.24, 2.45) is 0 Å². The predicted molar refractivity (Wildman–Crippen MR) is 111 cm³/mol. The fraction of sp³-hybridized carbons (Fsp3) is 0.391. The monoisotopic (exact) mass is 443 g/mol. The van der Waals surface area contributed by atoms with Gasteiger partial charge in [0.15, 0.2) is 0 Å². The molecule has 2 aromatic carbocycles. The zero-order chi connectivity index (χ0) is 22.4. The Bertz CT molecular complexity index is 1070. The van der Waals surface area contributed by atoms with E-state index in [4.69, 9.17) is 9.47 Å². The molecule has 0 spiro atoms. The number of fused-ring (bicyclic) bond motifs is 2. The smallest absolute Gasteiger partial charge is 0.320 e. The summed E-state index contributed by atoms with van der Waals surface area (Å²) in [6.07, 6.45) is -0.413. The largest absolute Gasteiger partial charge is 0.485 e. The maximum atomic E-state index is 14.3. The number of ether oxygens (including phenoxy) is 2. The lowest BCUT2D eigenvalue weighted by molar-refractivity contribution is 0.0441. The fourth-order valence-electron chi connectivity index (χ4n) is 4.55. The van der Waals surface area contributed by atoms with Crippen molar-refractivity contribution in [3.05, 3.63) is 53.6 Å². The van der Waals surface area contributed by atoms with Crippen LogP contribution >= 0.6 is 0 Å². The summed E-state index contributed by atoms with van der Waals surface area (Å²) in [4.78, 5) is 31.1. The molecule has 7 nitrogen and oxygen atoms in total. The number of halogens is 2. The molecule has 0 N–H and O–H groups in total. The van der Waals surface area contributed by atoms with E-state index in [0.29, 0.717) is 56.3 Å². The van der Waals surface area contributed by atoms with E-state index < -0.39 is 17.7 Å². The molecule has 0 unspecified atom stereocenters. The van der Waals surface area contributed by atoms with Gasteiger partial charge in [-0.15, -0.1) is 0 Å². The minimum Gasteiger partial charge on any atom is -0.485 e. The number of nitrogens with zero attached hydrogens (tertiary/aromatic N) is 3. The summed E-state index contributed by atoms with van der Waals surface area (Å²) in [6, 6.07) is 7.81. The Morgan fingerprint density at radius 2 is 1.75 bits per heavy atom. The minimum absolute atomic E-state index is 0.0896.